The quantitative estimate of drug-likeness (QED) is 0.635. The van der Waals surface area contributed by atoms with E-state index in [1.807, 2.05) is 19.1 Å². The average Bonchev–Trinajstić information content (AvgIpc) is 3.40. The molecule has 0 amide bonds. The van der Waals surface area contributed by atoms with Crippen LogP contribution in [0.2, 0.25) is 0 Å². The molecule has 2 bridgehead atoms. The van der Waals surface area contributed by atoms with E-state index < -0.39 is 0 Å². The Morgan fingerprint density at radius 3 is 2.47 bits per heavy atom. The first-order valence-electron chi connectivity index (χ1n) is 11.0. The number of hydrogen-bond acceptors (Lipinski definition) is 8. The third-order valence-corrected chi connectivity index (χ3v) is 6.22. The van der Waals surface area contributed by atoms with Crippen LogP contribution in [0.4, 0.5) is 5.82 Å². The smallest absolute Gasteiger partial charge is 0.224 e. The normalized spacial score (nSPS) is 19.2. The van der Waals surface area contributed by atoms with Gasteiger partial charge in [0.05, 0.1) is 17.2 Å². The van der Waals surface area contributed by atoms with Crippen molar-refractivity contribution in [2.45, 2.75) is 51.1 Å². The molecular formula is C24H25N7O. The third kappa shape index (κ3) is 3.87. The maximum absolute atomic E-state index is 9.40. The first-order chi connectivity index (χ1) is 15.6. The number of benzene rings is 1. The number of nitriles is 1. The van der Waals surface area contributed by atoms with E-state index in [2.05, 4.69) is 30.9 Å². The molecule has 32 heavy (non-hydrogen) atoms. The zero-order chi connectivity index (χ0) is 22.1. The van der Waals surface area contributed by atoms with Gasteiger partial charge in [0, 0.05) is 30.5 Å². The highest BCUT2D eigenvalue weighted by Gasteiger charge is 2.40. The number of nitrogens with two attached hydrogens (primary N) is 1. The van der Waals surface area contributed by atoms with E-state index in [0.717, 1.165) is 17.8 Å². The average molecular weight is 428 g/mol. The van der Waals surface area contributed by atoms with Gasteiger partial charge in [-0.1, -0.05) is 0 Å². The number of aryl methyl sites for hydroxylation is 1. The number of aromatic nitrogens is 4. The summed E-state index contributed by atoms with van der Waals surface area (Å²) in [5.41, 5.74) is 7.79. The second-order valence-corrected chi connectivity index (χ2v) is 8.36. The first kappa shape index (κ1) is 20.3. The van der Waals surface area contributed by atoms with E-state index in [1.165, 1.54) is 25.7 Å². The Morgan fingerprint density at radius 2 is 1.81 bits per heavy atom. The molecule has 2 aliphatic heterocycles. The number of nitrogens with zero attached hydrogens (tertiary/aromatic N) is 6. The summed E-state index contributed by atoms with van der Waals surface area (Å²) < 4.78 is 6.23. The summed E-state index contributed by atoms with van der Waals surface area (Å²) in [6, 6.07) is 10.4. The second-order valence-electron chi connectivity index (χ2n) is 8.36. The van der Waals surface area contributed by atoms with Crippen LogP contribution in [-0.2, 0) is 6.42 Å². The Kier molecular flexibility index (Phi) is 5.41. The van der Waals surface area contributed by atoms with E-state index in [1.54, 1.807) is 24.5 Å². The van der Waals surface area contributed by atoms with Crippen LogP contribution in [0.25, 0.3) is 11.4 Å². The Hall–Kier alpha value is -3.57. The fourth-order valence-electron chi connectivity index (χ4n) is 4.76. The zero-order valence-electron chi connectivity index (χ0n) is 18.0. The molecule has 8 nitrogen and oxygen atoms in total. The standard InChI is InChI=1S/C24H25N7O/c1-15-29-22(31-18-3-4-19(31)6-5-18)11-23(30-15)32-21-10-16(12-26)2-7-20(21)24-27-13-17(8-9-25)14-28-24/h2,7,10-11,13-14,18-19H,3-6,8-9,25H2,1H3. The topological polar surface area (TPSA) is 114 Å². The fraction of sp³-hybridized carbons (Fsp3) is 0.375. The Morgan fingerprint density at radius 1 is 1.09 bits per heavy atom. The van der Waals surface area contributed by atoms with Crippen LogP contribution in [0.3, 0.4) is 0 Å². The van der Waals surface area contributed by atoms with Crippen LogP contribution in [0.1, 0.15) is 42.6 Å². The third-order valence-electron chi connectivity index (χ3n) is 6.22. The van der Waals surface area contributed by atoms with Gasteiger partial charge < -0.3 is 15.4 Å². The predicted molar refractivity (Wildman–Crippen MR) is 120 cm³/mol. The van der Waals surface area contributed by atoms with Crippen LogP contribution in [0, 0.1) is 18.3 Å². The molecule has 0 atom stereocenters. The van der Waals surface area contributed by atoms with E-state index >= 15 is 0 Å². The molecule has 0 saturated carbocycles. The van der Waals surface area contributed by atoms with Crippen molar-refractivity contribution in [1.82, 2.24) is 19.9 Å². The molecule has 2 saturated heterocycles. The lowest BCUT2D eigenvalue weighted by Gasteiger charge is -2.23. The molecule has 0 spiro atoms. The Balaban J connectivity index is 1.49. The van der Waals surface area contributed by atoms with Crippen molar-refractivity contribution in [3.63, 3.8) is 0 Å². The van der Waals surface area contributed by atoms with Crippen LogP contribution >= 0.6 is 0 Å². The van der Waals surface area contributed by atoms with Gasteiger partial charge in [-0.05, 0) is 69.3 Å². The van der Waals surface area contributed by atoms with Crippen molar-refractivity contribution in [3.8, 4) is 29.1 Å². The molecule has 1 aromatic carbocycles. The van der Waals surface area contributed by atoms with Gasteiger partial charge in [0.15, 0.2) is 5.82 Å². The van der Waals surface area contributed by atoms with Crippen molar-refractivity contribution in [2.24, 2.45) is 5.73 Å². The summed E-state index contributed by atoms with van der Waals surface area (Å²) in [6.45, 7) is 2.42. The lowest BCUT2D eigenvalue weighted by atomic mass is 10.0. The second kappa shape index (κ2) is 8.52. The molecule has 162 valence electrons. The minimum absolute atomic E-state index is 0.454. The fourth-order valence-corrected chi connectivity index (χ4v) is 4.76. The SMILES string of the molecule is Cc1nc(Oc2cc(C#N)ccc2-c2ncc(CCN)cn2)cc(N2C3CCC2CC3)n1. The summed E-state index contributed by atoms with van der Waals surface area (Å²) >= 11 is 0. The molecule has 2 N–H and O–H groups in total. The summed E-state index contributed by atoms with van der Waals surface area (Å²) in [5.74, 6) is 3.04. The van der Waals surface area contributed by atoms with Crippen LogP contribution in [0.15, 0.2) is 36.7 Å². The maximum Gasteiger partial charge on any atom is 0.224 e. The highest BCUT2D eigenvalue weighted by Crippen LogP contribution is 2.41. The molecule has 4 heterocycles. The van der Waals surface area contributed by atoms with Gasteiger partial charge >= 0.3 is 0 Å². The molecule has 2 aliphatic rings. The number of anilines is 1. The van der Waals surface area contributed by atoms with Crippen LogP contribution in [0.5, 0.6) is 11.6 Å². The van der Waals surface area contributed by atoms with E-state index in [-0.39, 0.29) is 0 Å². The predicted octanol–water partition coefficient (Wildman–Crippen LogP) is 3.54. The van der Waals surface area contributed by atoms with Crippen molar-refractivity contribution in [2.75, 3.05) is 11.4 Å². The number of hydrogen-bond donors (Lipinski definition) is 1. The zero-order valence-corrected chi connectivity index (χ0v) is 18.0. The summed E-state index contributed by atoms with van der Waals surface area (Å²) in [6.07, 6.45) is 9.13. The molecule has 5 rings (SSSR count). The van der Waals surface area contributed by atoms with Gasteiger partial charge in [0.1, 0.15) is 17.4 Å². The lowest BCUT2D eigenvalue weighted by Crippen LogP contribution is -2.29. The molecule has 3 aromatic rings. The van der Waals surface area contributed by atoms with Gasteiger partial charge in [-0.3, -0.25) is 0 Å². The molecule has 2 fully saturated rings. The van der Waals surface area contributed by atoms with E-state index in [9.17, 15) is 5.26 Å². The Labute approximate surface area is 187 Å². The molecule has 8 heteroatoms. The summed E-state index contributed by atoms with van der Waals surface area (Å²) in [4.78, 5) is 20.6. The van der Waals surface area contributed by atoms with Crippen LogP contribution < -0.4 is 15.4 Å². The van der Waals surface area contributed by atoms with Gasteiger partial charge in [-0.2, -0.15) is 10.2 Å². The number of rotatable bonds is 6. The van der Waals surface area contributed by atoms with Gasteiger partial charge in [-0.25, -0.2) is 15.0 Å². The minimum atomic E-state index is 0.454. The van der Waals surface area contributed by atoms with E-state index in [0.29, 0.717) is 53.0 Å². The van der Waals surface area contributed by atoms with Crippen molar-refractivity contribution >= 4 is 5.82 Å². The Bertz CT molecular complexity index is 1150. The number of fused-ring (bicyclic) bond motifs is 2. The monoisotopic (exact) mass is 427 g/mol. The largest absolute Gasteiger partial charge is 0.438 e. The molecular weight excluding hydrogens is 402 g/mol. The van der Waals surface area contributed by atoms with Crippen molar-refractivity contribution in [1.29, 1.82) is 5.26 Å². The van der Waals surface area contributed by atoms with Gasteiger partial charge in [0.25, 0.3) is 0 Å². The highest BCUT2D eigenvalue weighted by atomic mass is 16.5. The van der Waals surface area contributed by atoms with E-state index in [4.69, 9.17) is 10.5 Å². The molecule has 0 radical (unpaired) electrons. The maximum atomic E-state index is 9.40. The van der Waals surface area contributed by atoms with Gasteiger partial charge in [-0.15, -0.1) is 0 Å². The van der Waals surface area contributed by atoms with Crippen LogP contribution in [-0.4, -0.2) is 38.6 Å². The highest BCUT2D eigenvalue weighted by molar-refractivity contribution is 5.66. The van der Waals surface area contributed by atoms with Gasteiger partial charge in [0.2, 0.25) is 5.88 Å². The lowest BCUT2D eigenvalue weighted by molar-refractivity contribution is 0.460. The minimum Gasteiger partial charge on any atom is -0.438 e. The first-order valence-corrected chi connectivity index (χ1v) is 11.0. The van der Waals surface area contributed by atoms with Crippen molar-refractivity contribution in [3.05, 3.63) is 53.6 Å². The molecule has 0 aliphatic carbocycles. The summed E-state index contributed by atoms with van der Waals surface area (Å²) in [7, 11) is 0. The van der Waals surface area contributed by atoms with Crippen molar-refractivity contribution < 1.29 is 4.74 Å². The molecule has 2 aromatic heterocycles. The summed E-state index contributed by atoms with van der Waals surface area (Å²) in [5, 5.41) is 9.40. The number of ether oxygens (including phenoxy) is 1. The molecule has 0 unspecified atom stereocenters.